The van der Waals surface area contributed by atoms with Crippen LogP contribution < -0.4 is 9.04 Å². The fourth-order valence-corrected chi connectivity index (χ4v) is 11.8. The molecule has 0 aromatic heterocycles. The molecule has 3 aliphatic carbocycles. The van der Waals surface area contributed by atoms with E-state index in [4.69, 9.17) is 0 Å². The van der Waals surface area contributed by atoms with Gasteiger partial charge in [0.25, 0.3) is 0 Å². The predicted octanol–water partition coefficient (Wildman–Crippen LogP) is 7.87. The van der Waals surface area contributed by atoms with E-state index in [-0.39, 0.29) is 0 Å². The van der Waals surface area contributed by atoms with Crippen LogP contribution in [0.1, 0.15) is 101 Å². The number of allylic oxidation sites excluding steroid dienone is 2. The quantitative estimate of drug-likeness (QED) is 0.353. The molecule has 0 spiro atoms. The molecule has 164 valence electrons. The zero-order valence-electron chi connectivity index (χ0n) is 20.4. The van der Waals surface area contributed by atoms with Crippen LogP contribution in [-0.4, -0.2) is 25.1 Å². The molecule has 1 aromatic carbocycles. The standard InChI is InChI=1S/C25H36B.3CH3.Sn/c1-20-19-24(17-18-25(20)21-11-5-2-6-12-21)26(22-13-7-3-8-14-22)23-15-9-4-10-16-23;;;;/h11,18-19,22-23H,2-10,12-16H2,1H3;3*1H3;. The molecule has 30 heavy (non-hydrogen) atoms. The first kappa shape index (κ1) is 23.0. The van der Waals surface area contributed by atoms with Crippen molar-refractivity contribution in [1.82, 2.24) is 0 Å². The molecule has 4 rings (SSSR count). The first-order valence-corrected chi connectivity index (χ1v) is 23.3. The van der Waals surface area contributed by atoms with Gasteiger partial charge in [-0.1, -0.05) is 0 Å². The van der Waals surface area contributed by atoms with Gasteiger partial charge in [-0.25, -0.2) is 0 Å². The van der Waals surface area contributed by atoms with E-state index in [1.165, 1.54) is 89.9 Å². The van der Waals surface area contributed by atoms with Crippen LogP contribution >= 0.6 is 0 Å². The summed E-state index contributed by atoms with van der Waals surface area (Å²) in [5, 5.41) is 0. The Morgan fingerprint density at radius 1 is 0.767 bits per heavy atom. The van der Waals surface area contributed by atoms with E-state index in [9.17, 15) is 0 Å². The van der Waals surface area contributed by atoms with Crippen molar-refractivity contribution < 1.29 is 0 Å². The van der Waals surface area contributed by atoms with E-state index in [1.54, 1.807) is 16.7 Å². The summed E-state index contributed by atoms with van der Waals surface area (Å²) in [6.45, 7) is 3.28. The average Bonchev–Trinajstić information content (AvgIpc) is 2.75. The fourth-order valence-electron chi connectivity index (χ4n) is 6.96. The van der Waals surface area contributed by atoms with Crippen LogP contribution in [0.25, 0.3) is 5.57 Å². The average molecular weight is 511 g/mol. The molecule has 0 heterocycles. The topological polar surface area (TPSA) is 0 Å². The number of hydrogen-bond acceptors (Lipinski definition) is 0. The molecule has 2 fully saturated rings. The van der Waals surface area contributed by atoms with Gasteiger partial charge < -0.3 is 0 Å². The molecule has 0 nitrogen and oxygen atoms in total. The molecular weight excluding hydrogens is 466 g/mol. The molecule has 0 aliphatic heterocycles. The van der Waals surface area contributed by atoms with Crippen molar-refractivity contribution in [2.24, 2.45) is 0 Å². The van der Waals surface area contributed by atoms with Gasteiger partial charge in [0.2, 0.25) is 0 Å². The Morgan fingerprint density at radius 2 is 1.37 bits per heavy atom. The first-order chi connectivity index (χ1) is 14.4. The normalized spacial score (nSPS) is 22.1. The Morgan fingerprint density at radius 3 is 1.87 bits per heavy atom. The number of aryl methyl sites for hydroxylation is 1. The van der Waals surface area contributed by atoms with E-state index in [0.29, 0.717) is 0 Å². The van der Waals surface area contributed by atoms with Crippen LogP contribution in [-0.2, 0) is 0 Å². The molecule has 2 heteroatoms. The SMILES string of the molecule is Cc1cc(B(C2CCCCC2)C2CCCCC2)[c]([Sn]([CH3])([CH3])[CH3])cc1C1=CCCCC1. The van der Waals surface area contributed by atoms with E-state index in [2.05, 4.69) is 40.0 Å². The summed E-state index contributed by atoms with van der Waals surface area (Å²) in [6.07, 6.45) is 22.8. The number of benzene rings is 1. The summed E-state index contributed by atoms with van der Waals surface area (Å²) in [5.74, 6) is 1.90. The van der Waals surface area contributed by atoms with Crippen molar-refractivity contribution in [2.75, 3.05) is 0 Å². The van der Waals surface area contributed by atoms with Crippen molar-refractivity contribution in [3.8, 4) is 0 Å². The second kappa shape index (κ2) is 10.2. The Balaban J connectivity index is 1.80. The van der Waals surface area contributed by atoms with Gasteiger partial charge in [-0.3, -0.25) is 0 Å². The molecular formula is C28H45BSn. The van der Waals surface area contributed by atoms with Gasteiger partial charge in [0.05, 0.1) is 0 Å². The molecule has 0 unspecified atom stereocenters. The monoisotopic (exact) mass is 512 g/mol. The van der Waals surface area contributed by atoms with E-state index in [0.717, 1.165) is 18.3 Å². The van der Waals surface area contributed by atoms with Gasteiger partial charge in [-0.05, 0) is 0 Å². The summed E-state index contributed by atoms with van der Waals surface area (Å²) in [7, 11) is 0. The molecule has 0 atom stereocenters. The first-order valence-electron chi connectivity index (χ1n) is 13.3. The van der Waals surface area contributed by atoms with Gasteiger partial charge in [0.15, 0.2) is 0 Å². The van der Waals surface area contributed by atoms with Crippen molar-refractivity contribution in [2.45, 2.75) is 123 Å². The zero-order valence-corrected chi connectivity index (χ0v) is 23.2. The van der Waals surface area contributed by atoms with Gasteiger partial charge in [-0.15, -0.1) is 0 Å². The van der Waals surface area contributed by atoms with Crippen molar-refractivity contribution in [1.29, 1.82) is 0 Å². The number of rotatable bonds is 5. The molecule has 2 saturated carbocycles. The Bertz CT molecular complexity index is 727. The van der Waals surface area contributed by atoms with Gasteiger partial charge in [-0.2, -0.15) is 0 Å². The third-order valence-electron chi connectivity index (χ3n) is 8.52. The Kier molecular flexibility index (Phi) is 7.80. The second-order valence-electron chi connectivity index (χ2n) is 11.8. The van der Waals surface area contributed by atoms with Gasteiger partial charge in [0.1, 0.15) is 0 Å². The van der Waals surface area contributed by atoms with Crippen molar-refractivity contribution in [3.05, 3.63) is 29.3 Å². The summed E-state index contributed by atoms with van der Waals surface area (Å²) < 4.78 is 1.87. The van der Waals surface area contributed by atoms with Gasteiger partial charge >= 0.3 is 192 Å². The summed E-state index contributed by atoms with van der Waals surface area (Å²) in [5.41, 5.74) is 6.70. The van der Waals surface area contributed by atoms with Crippen LogP contribution in [0.5, 0.6) is 0 Å². The third kappa shape index (κ3) is 5.24. The van der Waals surface area contributed by atoms with Crippen molar-refractivity contribution in [3.63, 3.8) is 0 Å². The molecule has 0 bridgehead atoms. The van der Waals surface area contributed by atoms with E-state index >= 15 is 0 Å². The Labute approximate surface area is 191 Å². The maximum atomic E-state index is 2.75. The van der Waals surface area contributed by atoms with Crippen LogP contribution in [0.15, 0.2) is 18.2 Å². The van der Waals surface area contributed by atoms with Crippen LogP contribution in [0.2, 0.25) is 26.5 Å². The van der Waals surface area contributed by atoms with E-state index in [1.807, 2.05) is 9.04 Å². The fraction of sp³-hybridized carbons (Fsp3) is 0.714. The molecule has 0 radical (unpaired) electrons. The molecule has 0 saturated heterocycles. The Hall–Kier alpha value is -0.176. The maximum absolute atomic E-state index is 2.75. The number of hydrogen-bond donors (Lipinski definition) is 0. The summed E-state index contributed by atoms with van der Waals surface area (Å²) >= 11 is -2.25. The molecule has 1 aromatic rings. The minimum atomic E-state index is -2.25. The van der Waals surface area contributed by atoms with E-state index < -0.39 is 18.4 Å². The summed E-state index contributed by atoms with van der Waals surface area (Å²) in [6, 6.07) is 5.48. The zero-order chi connectivity index (χ0) is 21.1. The third-order valence-corrected chi connectivity index (χ3v) is 14.4. The molecule has 0 N–H and O–H groups in total. The van der Waals surface area contributed by atoms with Crippen molar-refractivity contribution >= 4 is 39.7 Å². The molecule has 3 aliphatic rings. The second-order valence-corrected chi connectivity index (χ2v) is 26.2. The predicted molar refractivity (Wildman–Crippen MR) is 140 cm³/mol. The van der Waals surface area contributed by atoms with Gasteiger partial charge in [0, 0.05) is 0 Å². The van der Waals surface area contributed by atoms with Crippen LogP contribution in [0.3, 0.4) is 0 Å². The molecule has 0 amide bonds. The van der Waals surface area contributed by atoms with Crippen LogP contribution in [0, 0.1) is 6.92 Å². The summed E-state index contributed by atoms with van der Waals surface area (Å²) in [4.78, 5) is 8.00. The minimum absolute atomic E-state index is 0.851. The van der Waals surface area contributed by atoms with Crippen LogP contribution in [0.4, 0.5) is 0 Å².